The summed E-state index contributed by atoms with van der Waals surface area (Å²) in [5, 5.41) is 0.549. The van der Waals surface area contributed by atoms with Gasteiger partial charge in [-0.15, -0.1) is 7.92 Å². The third-order valence-electron chi connectivity index (χ3n) is 2.17. The first-order valence-corrected chi connectivity index (χ1v) is 6.56. The molecule has 0 bridgehead atoms. The summed E-state index contributed by atoms with van der Waals surface area (Å²) in [4.78, 5) is 0. The van der Waals surface area contributed by atoms with E-state index in [1.165, 1.54) is 6.42 Å². The van der Waals surface area contributed by atoms with E-state index in [0.717, 1.165) is 0 Å². The molecule has 0 aromatic rings. The Labute approximate surface area is 81.8 Å². The lowest BCUT2D eigenvalue weighted by atomic mass is 9.86. The fourth-order valence-corrected chi connectivity index (χ4v) is 2.25. The number of rotatable bonds is 2. The van der Waals surface area contributed by atoms with E-state index in [1.54, 1.807) is 0 Å². The molecule has 0 atom stereocenters. The molecule has 0 fully saturated rings. The van der Waals surface area contributed by atoms with Crippen molar-refractivity contribution in [2.75, 3.05) is 13.3 Å². The van der Waals surface area contributed by atoms with E-state index in [1.807, 2.05) is 0 Å². The Balaban J connectivity index is 0. The van der Waals surface area contributed by atoms with Gasteiger partial charge in [0, 0.05) is 8.41 Å². The molecule has 0 saturated heterocycles. The second kappa shape index (κ2) is 4.65. The van der Waals surface area contributed by atoms with Gasteiger partial charge < -0.3 is 0 Å². The highest BCUT2D eigenvalue weighted by molar-refractivity contribution is 7.57. The van der Waals surface area contributed by atoms with Crippen molar-refractivity contribution in [1.29, 1.82) is 0 Å². The molecule has 0 saturated carbocycles. The SMILES string of the molecule is CP(C)C(C)(C)CC(C)(C)C.[B]. The molecule has 0 N–H and O–H groups in total. The van der Waals surface area contributed by atoms with Gasteiger partial charge in [0.15, 0.2) is 0 Å². The highest BCUT2D eigenvalue weighted by atomic mass is 31.1. The van der Waals surface area contributed by atoms with Gasteiger partial charge >= 0.3 is 0 Å². The summed E-state index contributed by atoms with van der Waals surface area (Å²) in [6.45, 7) is 16.5. The van der Waals surface area contributed by atoms with Crippen LogP contribution in [-0.2, 0) is 0 Å². The lowest BCUT2D eigenvalue weighted by molar-refractivity contribution is 0.336. The van der Waals surface area contributed by atoms with Gasteiger partial charge in [-0.1, -0.05) is 34.6 Å². The molecule has 0 heterocycles. The van der Waals surface area contributed by atoms with Crippen LogP contribution in [0.1, 0.15) is 41.0 Å². The number of hydrogen-bond donors (Lipinski definition) is 0. The third kappa shape index (κ3) is 6.06. The molecule has 0 aliphatic heterocycles. The van der Waals surface area contributed by atoms with E-state index < -0.39 is 0 Å². The van der Waals surface area contributed by atoms with Crippen molar-refractivity contribution in [3.8, 4) is 0 Å². The van der Waals surface area contributed by atoms with Crippen molar-refractivity contribution >= 4 is 16.3 Å². The Morgan fingerprint density at radius 2 is 1.25 bits per heavy atom. The Bertz CT molecular complexity index is 122. The summed E-state index contributed by atoms with van der Waals surface area (Å²) in [7, 11) is 0.192. The van der Waals surface area contributed by atoms with Crippen molar-refractivity contribution < 1.29 is 0 Å². The van der Waals surface area contributed by atoms with Gasteiger partial charge in [0.05, 0.1) is 0 Å². The van der Waals surface area contributed by atoms with Crippen molar-refractivity contribution in [2.24, 2.45) is 5.41 Å². The second-order valence-electron chi connectivity index (χ2n) is 5.44. The zero-order valence-electron chi connectivity index (χ0n) is 9.73. The largest absolute Gasteiger partial charge is 0.107 e. The van der Waals surface area contributed by atoms with Crippen LogP contribution < -0.4 is 0 Å². The van der Waals surface area contributed by atoms with Crippen molar-refractivity contribution in [3.05, 3.63) is 0 Å². The molecule has 71 valence electrons. The molecule has 0 aromatic carbocycles. The van der Waals surface area contributed by atoms with E-state index in [2.05, 4.69) is 47.9 Å². The lowest BCUT2D eigenvalue weighted by Gasteiger charge is -2.36. The van der Waals surface area contributed by atoms with Crippen LogP contribution in [0.4, 0.5) is 0 Å². The first-order valence-electron chi connectivity index (χ1n) is 4.33. The summed E-state index contributed by atoms with van der Waals surface area (Å²) >= 11 is 0. The standard InChI is InChI=1S/C10H23P.B/c1-9(2,3)8-10(4,5)11(6)7;/h8H2,1-7H3;. The molecule has 2 heteroatoms. The number of hydrogen-bond acceptors (Lipinski definition) is 0. The smallest absolute Gasteiger partial charge is 0 e. The van der Waals surface area contributed by atoms with Crippen LogP contribution in [0, 0.1) is 5.41 Å². The van der Waals surface area contributed by atoms with Crippen LogP contribution in [0.5, 0.6) is 0 Å². The van der Waals surface area contributed by atoms with Crippen LogP contribution in [-0.4, -0.2) is 26.9 Å². The van der Waals surface area contributed by atoms with Gasteiger partial charge in [-0.25, -0.2) is 0 Å². The average molecular weight is 185 g/mol. The van der Waals surface area contributed by atoms with Gasteiger partial charge in [-0.2, -0.15) is 0 Å². The molecular formula is C10H23BP. The molecule has 0 nitrogen and oxygen atoms in total. The molecule has 0 aliphatic rings. The van der Waals surface area contributed by atoms with E-state index in [9.17, 15) is 0 Å². The van der Waals surface area contributed by atoms with Crippen molar-refractivity contribution in [1.82, 2.24) is 0 Å². The molecule has 12 heavy (non-hydrogen) atoms. The minimum atomic E-state index is 0. The average Bonchev–Trinajstić information content (AvgIpc) is 1.56. The Kier molecular flexibility index (Phi) is 5.81. The summed E-state index contributed by atoms with van der Waals surface area (Å²) in [5.41, 5.74) is 0.482. The Morgan fingerprint density at radius 3 is 1.33 bits per heavy atom. The first-order chi connectivity index (χ1) is 4.65. The molecule has 3 radical (unpaired) electrons. The first kappa shape index (κ1) is 15.0. The predicted octanol–water partition coefficient (Wildman–Crippen LogP) is 3.56. The third-order valence-corrected chi connectivity index (χ3v) is 4.75. The fraction of sp³-hybridized carbons (Fsp3) is 1.00. The van der Waals surface area contributed by atoms with Gasteiger partial charge in [0.25, 0.3) is 0 Å². The van der Waals surface area contributed by atoms with Crippen LogP contribution in [0.3, 0.4) is 0 Å². The second-order valence-corrected chi connectivity index (χ2v) is 8.44. The summed E-state index contributed by atoms with van der Waals surface area (Å²) in [6, 6.07) is 0. The molecule has 0 rings (SSSR count). The minimum absolute atomic E-state index is 0. The highest BCUT2D eigenvalue weighted by Crippen LogP contribution is 2.48. The van der Waals surface area contributed by atoms with Gasteiger partial charge in [0.2, 0.25) is 0 Å². The maximum absolute atomic E-state index is 2.39. The zero-order chi connectivity index (χ0) is 9.28. The predicted molar refractivity (Wildman–Crippen MR) is 62.7 cm³/mol. The van der Waals surface area contributed by atoms with Crippen LogP contribution >= 0.6 is 7.92 Å². The van der Waals surface area contributed by atoms with Crippen LogP contribution in [0.25, 0.3) is 0 Å². The molecule has 0 spiro atoms. The van der Waals surface area contributed by atoms with E-state index in [0.29, 0.717) is 10.6 Å². The van der Waals surface area contributed by atoms with Crippen LogP contribution in [0.15, 0.2) is 0 Å². The maximum atomic E-state index is 2.39. The summed E-state index contributed by atoms with van der Waals surface area (Å²) in [5.74, 6) is 0. The topological polar surface area (TPSA) is 0 Å². The van der Waals surface area contributed by atoms with Crippen molar-refractivity contribution in [3.63, 3.8) is 0 Å². The maximum Gasteiger partial charge on any atom is 0 e. The zero-order valence-corrected chi connectivity index (χ0v) is 10.6. The molecule has 0 aliphatic carbocycles. The van der Waals surface area contributed by atoms with Gasteiger partial charge in [0.1, 0.15) is 0 Å². The molecular weight excluding hydrogens is 162 g/mol. The molecule has 0 amide bonds. The van der Waals surface area contributed by atoms with Crippen molar-refractivity contribution in [2.45, 2.75) is 46.2 Å². The van der Waals surface area contributed by atoms with E-state index in [4.69, 9.17) is 0 Å². The van der Waals surface area contributed by atoms with Crippen LogP contribution in [0.2, 0.25) is 0 Å². The van der Waals surface area contributed by atoms with Gasteiger partial charge in [-0.3, -0.25) is 0 Å². The fourth-order valence-electron chi connectivity index (χ4n) is 1.46. The minimum Gasteiger partial charge on any atom is -0.107 e. The molecule has 0 aromatic heterocycles. The summed E-state index contributed by atoms with van der Waals surface area (Å²) in [6.07, 6.45) is 1.33. The monoisotopic (exact) mass is 185 g/mol. The Morgan fingerprint density at radius 1 is 0.917 bits per heavy atom. The summed E-state index contributed by atoms with van der Waals surface area (Å²) < 4.78 is 0. The Hall–Kier alpha value is 0.495. The quantitative estimate of drug-likeness (QED) is 0.455. The lowest BCUT2D eigenvalue weighted by Crippen LogP contribution is -2.24. The molecule has 0 unspecified atom stereocenters. The van der Waals surface area contributed by atoms with E-state index >= 15 is 0 Å². The normalized spacial score (nSPS) is 13.0. The van der Waals surface area contributed by atoms with Gasteiger partial charge in [-0.05, 0) is 30.3 Å². The van der Waals surface area contributed by atoms with E-state index in [-0.39, 0.29) is 16.3 Å². The highest BCUT2D eigenvalue weighted by Gasteiger charge is 2.27.